The topological polar surface area (TPSA) is 76.0 Å². The molecule has 0 rings (SSSR count). The molecule has 0 saturated heterocycles. The molecular formula is C9H18O5. The van der Waals surface area contributed by atoms with Gasteiger partial charge in [0.2, 0.25) is 0 Å². The van der Waals surface area contributed by atoms with Gasteiger partial charge in [-0.2, -0.15) is 0 Å². The fourth-order valence-corrected chi connectivity index (χ4v) is 0.672. The summed E-state index contributed by atoms with van der Waals surface area (Å²) in [6.45, 7) is 4.94. The van der Waals surface area contributed by atoms with E-state index >= 15 is 0 Å². The number of aliphatic hydroxyl groups excluding tert-OH is 2. The van der Waals surface area contributed by atoms with E-state index in [9.17, 15) is 4.79 Å². The molecule has 0 aliphatic rings. The lowest BCUT2D eigenvalue weighted by molar-refractivity contribution is -0.156. The maximum atomic E-state index is 10.8. The number of aliphatic hydroxyl groups is 2. The van der Waals surface area contributed by atoms with Crippen LogP contribution in [-0.2, 0) is 14.3 Å². The first-order valence-electron chi connectivity index (χ1n) is 4.57. The van der Waals surface area contributed by atoms with Gasteiger partial charge in [0.1, 0.15) is 12.7 Å². The Labute approximate surface area is 83.6 Å². The third kappa shape index (κ3) is 6.82. The second-order valence-electron chi connectivity index (χ2n) is 3.30. The van der Waals surface area contributed by atoms with E-state index < -0.39 is 18.2 Å². The third-order valence-corrected chi connectivity index (χ3v) is 1.42. The molecule has 84 valence electrons. The lowest BCUT2D eigenvalue weighted by Crippen LogP contribution is -2.26. The summed E-state index contributed by atoms with van der Waals surface area (Å²) in [4.78, 5) is 10.8. The quantitative estimate of drug-likeness (QED) is 0.583. The zero-order valence-electron chi connectivity index (χ0n) is 8.77. The molecule has 2 N–H and O–H groups in total. The minimum atomic E-state index is -1.11. The Morgan fingerprint density at radius 1 is 1.21 bits per heavy atom. The zero-order valence-corrected chi connectivity index (χ0v) is 8.77. The van der Waals surface area contributed by atoms with Crippen LogP contribution in [0.3, 0.4) is 0 Å². The van der Waals surface area contributed by atoms with Gasteiger partial charge in [0.05, 0.1) is 18.8 Å². The molecule has 0 aliphatic heterocycles. The summed E-state index contributed by atoms with van der Waals surface area (Å²) in [7, 11) is 0. The normalized spacial score (nSPS) is 17.2. The SMILES string of the molecule is CC(O)COC(C)COC(=O)C(C)O. The summed E-state index contributed by atoms with van der Waals surface area (Å²) in [6, 6.07) is 0. The van der Waals surface area contributed by atoms with Crippen LogP contribution in [0.15, 0.2) is 0 Å². The van der Waals surface area contributed by atoms with E-state index in [1.165, 1.54) is 6.92 Å². The Balaban J connectivity index is 3.53. The van der Waals surface area contributed by atoms with Crippen molar-refractivity contribution in [1.82, 2.24) is 0 Å². The molecule has 0 spiro atoms. The average Bonchev–Trinajstić information content (AvgIpc) is 2.10. The van der Waals surface area contributed by atoms with Gasteiger partial charge in [-0.05, 0) is 20.8 Å². The minimum Gasteiger partial charge on any atom is -0.461 e. The van der Waals surface area contributed by atoms with Crippen molar-refractivity contribution in [3.8, 4) is 0 Å². The van der Waals surface area contributed by atoms with E-state index in [1.54, 1.807) is 13.8 Å². The molecule has 0 fully saturated rings. The van der Waals surface area contributed by atoms with E-state index in [-0.39, 0.29) is 19.3 Å². The van der Waals surface area contributed by atoms with Crippen LogP contribution in [-0.4, -0.2) is 47.7 Å². The molecule has 0 heterocycles. The van der Waals surface area contributed by atoms with Gasteiger partial charge in [-0.3, -0.25) is 0 Å². The van der Waals surface area contributed by atoms with Crippen LogP contribution in [0.4, 0.5) is 0 Å². The first kappa shape index (κ1) is 13.4. The summed E-state index contributed by atoms with van der Waals surface area (Å²) in [5.74, 6) is -0.669. The highest BCUT2D eigenvalue weighted by molar-refractivity contribution is 5.73. The Morgan fingerprint density at radius 3 is 2.21 bits per heavy atom. The van der Waals surface area contributed by atoms with Crippen molar-refractivity contribution in [2.75, 3.05) is 13.2 Å². The minimum absolute atomic E-state index is 0.0798. The lowest BCUT2D eigenvalue weighted by atomic mass is 10.4. The zero-order chi connectivity index (χ0) is 11.1. The molecular weight excluding hydrogens is 188 g/mol. The molecule has 0 aromatic carbocycles. The van der Waals surface area contributed by atoms with Crippen LogP contribution >= 0.6 is 0 Å². The maximum absolute atomic E-state index is 10.8. The number of ether oxygens (including phenoxy) is 2. The van der Waals surface area contributed by atoms with Crippen molar-refractivity contribution >= 4 is 5.97 Å². The number of hydrogen-bond donors (Lipinski definition) is 2. The largest absolute Gasteiger partial charge is 0.461 e. The number of rotatable bonds is 6. The van der Waals surface area contributed by atoms with Crippen molar-refractivity contribution in [3.63, 3.8) is 0 Å². The lowest BCUT2D eigenvalue weighted by Gasteiger charge is -2.15. The molecule has 3 unspecified atom stereocenters. The van der Waals surface area contributed by atoms with E-state index in [2.05, 4.69) is 0 Å². The fraction of sp³-hybridized carbons (Fsp3) is 0.889. The van der Waals surface area contributed by atoms with Crippen LogP contribution in [0.1, 0.15) is 20.8 Å². The van der Waals surface area contributed by atoms with Gasteiger partial charge in [0.15, 0.2) is 0 Å². The summed E-state index contributed by atoms with van der Waals surface area (Å²) >= 11 is 0. The van der Waals surface area contributed by atoms with Crippen LogP contribution < -0.4 is 0 Å². The molecule has 0 radical (unpaired) electrons. The third-order valence-electron chi connectivity index (χ3n) is 1.42. The van der Waals surface area contributed by atoms with Gasteiger partial charge in [-0.25, -0.2) is 4.79 Å². The predicted molar refractivity (Wildman–Crippen MR) is 49.7 cm³/mol. The molecule has 0 aromatic rings. The summed E-state index contributed by atoms with van der Waals surface area (Å²) in [5, 5.41) is 17.7. The van der Waals surface area contributed by atoms with Gasteiger partial charge in [-0.1, -0.05) is 0 Å². The van der Waals surface area contributed by atoms with E-state index in [0.717, 1.165) is 0 Å². The smallest absolute Gasteiger partial charge is 0.334 e. The molecule has 0 bridgehead atoms. The van der Waals surface area contributed by atoms with Crippen molar-refractivity contribution in [2.24, 2.45) is 0 Å². The van der Waals surface area contributed by atoms with Gasteiger partial charge >= 0.3 is 5.97 Å². The molecule has 0 saturated carbocycles. The molecule has 0 aliphatic carbocycles. The van der Waals surface area contributed by atoms with Crippen molar-refractivity contribution in [1.29, 1.82) is 0 Å². The van der Waals surface area contributed by atoms with Crippen LogP contribution in [0.5, 0.6) is 0 Å². The molecule has 0 aromatic heterocycles. The van der Waals surface area contributed by atoms with E-state index in [0.29, 0.717) is 0 Å². The summed E-state index contributed by atoms with van der Waals surface area (Å²) in [5.41, 5.74) is 0. The fourth-order valence-electron chi connectivity index (χ4n) is 0.672. The maximum Gasteiger partial charge on any atom is 0.334 e. The monoisotopic (exact) mass is 206 g/mol. The van der Waals surface area contributed by atoms with Gasteiger partial charge in [0, 0.05) is 0 Å². The number of carbonyl (C=O) groups excluding carboxylic acids is 1. The molecule has 0 amide bonds. The Kier molecular flexibility index (Phi) is 6.44. The van der Waals surface area contributed by atoms with Gasteiger partial charge in [0.25, 0.3) is 0 Å². The molecule has 3 atom stereocenters. The highest BCUT2D eigenvalue weighted by Crippen LogP contribution is 1.96. The van der Waals surface area contributed by atoms with E-state index in [4.69, 9.17) is 19.7 Å². The second kappa shape index (κ2) is 6.75. The van der Waals surface area contributed by atoms with Gasteiger partial charge < -0.3 is 19.7 Å². The van der Waals surface area contributed by atoms with Crippen molar-refractivity contribution in [2.45, 2.75) is 39.1 Å². The van der Waals surface area contributed by atoms with Crippen molar-refractivity contribution < 1.29 is 24.5 Å². The Bertz CT molecular complexity index is 167. The molecule has 5 nitrogen and oxygen atoms in total. The molecule has 14 heavy (non-hydrogen) atoms. The van der Waals surface area contributed by atoms with Crippen LogP contribution in [0.2, 0.25) is 0 Å². The first-order chi connectivity index (χ1) is 6.43. The Hall–Kier alpha value is -0.650. The first-order valence-corrected chi connectivity index (χ1v) is 4.57. The highest BCUT2D eigenvalue weighted by Gasteiger charge is 2.12. The second-order valence-corrected chi connectivity index (χ2v) is 3.30. The van der Waals surface area contributed by atoms with Crippen LogP contribution in [0.25, 0.3) is 0 Å². The summed E-state index contributed by atoms with van der Waals surface area (Å²) < 4.78 is 9.83. The Morgan fingerprint density at radius 2 is 1.79 bits per heavy atom. The summed E-state index contributed by atoms with van der Waals surface area (Å²) in [6.07, 6.45) is -1.93. The van der Waals surface area contributed by atoms with Crippen LogP contribution in [0, 0.1) is 0 Å². The van der Waals surface area contributed by atoms with Crippen molar-refractivity contribution in [3.05, 3.63) is 0 Å². The molecule has 5 heteroatoms. The number of hydrogen-bond acceptors (Lipinski definition) is 5. The van der Waals surface area contributed by atoms with E-state index in [1.807, 2.05) is 0 Å². The number of esters is 1. The average molecular weight is 206 g/mol. The predicted octanol–water partition coefficient (Wildman–Crippen LogP) is -0.304. The number of carbonyl (C=O) groups is 1. The highest BCUT2D eigenvalue weighted by atomic mass is 16.6. The standard InChI is InChI=1S/C9H18O5/c1-6(10)4-13-7(2)5-14-9(12)8(3)11/h6-8,10-11H,4-5H2,1-3H3. The van der Waals surface area contributed by atoms with Gasteiger partial charge in [-0.15, -0.1) is 0 Å².